The maximum atomic E-state index is 5.89. The molecular formula is C11H10BrN3. The van der Waals surface area contributed by atoms with E-state index in [-0.39, 0.29) is 0 Å². The predicted octanol–water partition coefficient (Wildman–Crippen LogP) is 3.17. The van der Waals surface area contributed by atoms with Gasteiger partial charge in [0.15, 0.2) is 0 Å². The van der Waals surface area contributed by atoms with Crippen LogP contribution in [0.5, 0.6) is 0 Å². The average Bonchev–Trinajstić information content (AvgIpc) is 2.26. The second kappa shape index (κ2) is 4.31. The molecule has 76 valence electrons. The van der Waals surface area contributed by atoms with Crippen molar-refractivity contribution in [2.24, 2.45) is 0 Å². The van der Waals surface area contributed by atoms with E-state index in [1.165, 1.54) is 0 Å². The highest BCUT2D eigenvalue weighted by Gasteiger charge is 2.02. The zero-order valence-electron chi connectivity index (χ0n) is 7.94. The summed E-state index contributed by atoms with van der Waals surface area (Å²) < 4.78 is 0.878. The van der Waals surface area contributed by atoms with Gasteiger partial charge in [0, 0.05) is 10.7 Å². The highest BCUT2D eigenvalue weighted by Crippen LogP contribution is 2.28. The molecule has 0 saturated heterocycles. The molecule has 0 fully saturated rings. The zero-order valence-corrected chi connectivity index (χ0v) is 9.53. The lowest BCUT2D eigenvalue weighted by atomic mass is 10.2. The Balaban J connectivity index is 2.29. The molecule has 0 aliphatic rings. The van der Waals surface area contributed by atoms with Gasteiger partial charge in [0.1, 0.15) is 5.82 Å². The van der Waals surface area contributed by atoms with Gasteiger partial charge in [-0.1, -0.05) is 12.1 Å². The smallest absolute Gasteiger partial charge is 0.130 e. The molecule has 0 radical (unpaired) electrons. The van der Waals surface area contributed by atoms with Crippen LogP contribution < -0.4 is 11.1 Å². The molecule has 3 N–H and O–H groups in total. The number of nitrogens with zero attached hydrogens (tertiary/aromatic N) is 1. The van der Waals surface area contributed by atoms with E-state index in [0.717, 1.165) is 16.0 Å². The number of pyridine rings is 1. The third kappa shape index (κ3) is 2.27. The van der Waals surface area contributed by atoms with Crippen LogP contribution in [0.3, 0.4) is 0 Å². The van der Waals surface area contributed by atoms with Crippen LogP contribution in [-0.2, 0) is 0 Å². The van der Waals surface area contributed by atoms with Crippen molar-refractivity contribution in [2.45, 2.75) is 0 Å². The van der Waals surface area contributed by atoms with Crippen LogP contribution in [0.25, 0.3) is 0 Å². The first-order valence-electron chi connectivity index (χ1n) is 4.49. The fraction of sp³-hybridized carbons (Fsp3) is 0. The van der Waals surface area contributed by atoms with Crippen molar-refractivity contribution in [2.75, 3.05) is 11.1 Å². The number of hydrogen-bond donors (Lipinski definition) is 2. The van der Waals surface area contributed by atoms with Gasteiger partial charge in [-0.15, -0.1) is 0 Å². The topological polar surface area (TPSA) is 50.9 Å². The SMILES string of the molecule is Nc1c(Br)cccc1Nc1ccccn1. The Labute approximate surface area is 96.5 Å². The quantitative estimate of drug-likeness (QED) is 0.819. The molecule has 1 heterocycles. The number of aromatic nitrogens is 1. The molecule has 4 heteroatoms. The molecule has 0 aliphatic carbocycles. The van der Waals surface area contributed by atoms with E-state index < -0.39 is 0 Å². The molecule has 3 nitrogen and oxygen atoms in total. The average molecular weight is 264 g/mol. The predicted molar refractivity (Wildman–Crippen MR) is 66.1 cm³/mol. The second-order valence-electron chi connectivity index (χ2n) is 3.04. The zero-order chi connectivity index (χ0) is 10.7. The highest BCUT2D eigenvalue weighted by molar-refractivity contribution is 9.10. The molecule has 0 bridgehead atoms. The van der Waals surface area contributed by atoms with Crippen molar-refractivity contribution in [3.8, 4) is 0 Å². The number of nitrogen functional groups attached to an aromatic ring is 1. The van der Waals surface area contributed by atoms with Crippen LogP contribution in [0.4, 0.5) is 17.2 Å². The lowest BCUT2D eigenvalue weighted by molar-refractivity contribution is 1.31. The summed E-state index contributed by atoms with van der Waals surface area (Å²) in [5.74, 6) is 0.780. The summed E-state index contributed by atoms with van der Waals surface area (Å²) in [6, 6.07) is 11.4. The van der Waals surface area contributed by atoms with Gasteiger partial charge in [0.25, 0.3) is 0 Å². The van der Waals surface area contributed by atoms with Crippen molar-refractivity contribution < 1.29 is 0 Å². The molecule has 0 atom stereocenters. The van der Waals surface area contributed by atoms with Gasteiger partial charge in [0.2, 0.25) is 0 Å². The number of benzene rings is 1. The van der Waals surface area contributed by atoms with Gasteiger partial charge in [-0.2, -0.15) is 0 Å². The maximum Gasteiger partial charge on any atom is 0.130 e. The molecule has 0 aliphatic heterocycles. The standard InChI is InChI=1S/C11H10BrN3/c12-8-4-3-5-9(11(8)13)15-10-6-1-2-7-14-10/h1-7H,13H2,(H,14,15). The molecule has 2 aromatic rings. The molecule has 1 aromatic carbocycles. The summed E-state index contributed by atoms with van der Waals surface area (Å²) in [6.07, 6.45) is 1.73. The molecule has 0 saturated carbocycles. The van der Waals surface area contributed by atoms with Crippen LogP contribution >= 0.6 is 15.9 Å². The maximum absolute atomic E-state index is 5.89. The molecule has 1 aromatic heterocycles. The first-order chi connectivity index (χ1) is 7.27. The van der Waals surface area contributed by atoms with Gasteiger partial charge >= 0.3 is 0 Å². The van der Waals surface area contributed by atoms with Gasteiger partial charge in [0.05, 0.1) is 11.4 Å². The fourth-order valence-corrected chi connectivity index (χ4v) is 1.59. The van der Waals surface area contributed by atoms with Crippen LogP contribution in [0.15, 0.2) is 47.1 Å². The Morgan fingerprint density at radius 2 is 2.00 bits per heavy atom. The molecule has 0 spiro atoms. The Kier molecular flexibility index (Phi) is 2.87. The van der Waals surface area contributed by atoms with E-state index in [2.05, 4.69) is 26.2 Å². The van der Waals surface area contributed by atoms with Crippen molar-refractivity contribution in [3.63, 3.8) is 0 Å². The van der Waals surface area contributed by atoms with Gasteiger partial charge in [-0.3, -0.25) is 0 Å². The summed E-state index contributed by atoms with van der Waals surface area (Å²) >= 11 is 3.37. The van der Waals surface area contributed by atoms with E-state index in [4.69, 9.17) is 5.73 Å². The van der Waals surface area contributed by atoms with Crippen molar-refractivity contribution in [1.29, 1.82) is 0 Å². The van der Waals surface area contributed by atoms with E-state index in [0.29, 0.717) is 5.69 Å². The molecule has 0 unspecified atom stereocenters. The van der Waals surface area contributed by atoms with Gasteiger partial charge < -0.3 is 11.1 Å². The number of anilines is 3. The Bertz CT molecular complexity index is 457. The largest absolute Gasteiger partial charge is 0.396 e. The first-order valence-corrected chi connectivity index (χ1v) is 5.29. The van der Waals surface area contributed by atoms with Gasteiger partial charge in [-0.25, -0.2) is 4.98 Å². The number of nitrogens with two attached hydrogens (primary N) is 1. The fourth-order valence-electron chi connectivity index (χ4n) is 1.22. The summed E-state index contributed by atoms with van der Waals surface area (Å²) in [7, 11) is 0. The Morgan fingerprint density at radius 3 is 2.73 bits per heavy atom. The first kappa shape index (κ1) is 9.98. The Hall–Kier alpha value is -1.55. The molecule has 2 rings (SSSR count). The van der Waals surface area contributed by atoms with E-state index >= 15 is 0 Å². The number of halogens is 1. The second-order valence-corrected chi connectivity index (χ2v) is 3.90. The van der Waals surface area contributed by atoms with Crippen molar-refractivity contribution >= 4 is 33.1 Å². The summed E-state index contributed by atoms with van der Waals surface area (Å²) in [5, 5.41) is 3.15. The Morgan fingerprint density at radius 1 is 1.13 bits per heavy atom. The minimum atomic E-state index is 0.683. The molecule has 0 amide bonds. The van der Waals surface area contributed by atoms with Crippen molar-refractivity contribution in [1.82, 2.24) is 4.98 Å². The number of para-hydroxylation sites is 1. The minimum absolute atomic E-state index is 0.683. The number of rotatable bonds is 2. The van der Waals surface area contributed by atoms with Crippen LogP contribution in [0, 0.1) is 0 Å². The summed E-state index contributed by atoms with van der Waals surface area (Å²) in [4.78, 5) is 4.16. The summed E-state index contributed by atoms with van der Waals surface area (Å²) in [6.45, 7) is 0. The lowest BCUT2D eigenvalue weighted by Crippen LogP contribution is -1.97. The third-order valence-corrected chi connectivity index (χ3v) is 2.67. The van der Waals surface area contributed by atoms with E-state index in [1.807, 2.05) is 36.4 Å². The van der Waals surface area contributed by atoms with Crippen molar-refractivity contribution in [3.05, 3.63) is 47.1 Å². The van der Waals surface area contributed by atoms with E-state index in [1.54, 1.807) is 6.20 Å². The van der Waals surface area contributed by atoms with Crippen LogP contribution in [-0.4, -0.2) is 4.98 Å². The minimum Gasteiger partial charge on any atom is -0.396 e. The van der Waals surface area contributed by atoms with Crippen LogP contribution in [0.1, 0.15) is 0 Å². The lowest BCUT2D eigenvalue weighted by Gasteiger charge is -2.09. The molecule has 15 heavy (non-hydrogen) atoms. The van der Waals surface area contributed by atoms with E-state index in [9.17, 15) is 0 Å². The summed E-state index contributed by atoms with van der Waals surface area (Å²) in [5.41, 5.74) is 7.43. The normalized spacial score (nSPS) is 9.93. The third-order valence-electron chi connectivity index (χ3n) is 1.98. The highest BCUT2D eigenvalue weighted by atomic mass is 79.9. The molecular weight excluding hydrogens is 254 g/mol. The van der Waals surface area contributed by atoms with Crippen LogP contribution in [0.2, 0.25) is 0 Å². The number of nitrogens with one attached hydrogen (secondary N) is 1. The number of hydrogen-bond acceptors (Lipinski definition) is 3. The monoisotopic (exact) mass is 263 g/mol. The van der Waals surface area contributed by atoms with Gasteiger partial charge in [-0.05, 0) is 40.2 Å².